The fourth-order valence-corrected chi connectivity index (χ4v) is 1.99. The lowest BCUT2D eigenvalue weighted by molar-refractivity contribution is -0.140. The van der Waals surface area contributed by atoms with Gasteiger partial charge in [0, 0.05) is 11.8 Å². The molecule has 0 saturated heterocycles. The second kappa shape index (κ2) is 6.38. The third-order valence-electron chi connectivity index (χ3n) is 3.20. The Morgan fingerprint density at radius 2 is 2.20 bits per heavy atom. The number of rotatable bonds is 7. The van der Waals surface area contributed by atoms with Gasteiger partial charge in [0.25, 0.3) is 0 Å². The molecule has 6 heteroatoms. The molecule has 2 rings (SSSR count). The molecule has 0 aromatic heterocycles. The summed E-state index contributed by atoms with van der Waals surface area (Å²) in [6.45, 7) is -0.0231. The van der Waals surface area contributed by atoms with E-state index in [4.69, 9.17) is 9.84 Å². The predicted octanol–water partition coefficient (Wildman–Crippen LogP) is 1.09. The van der Waals surface area contributed by atoms with Crippen molar-refractivity contribution in [1.82, 2.24) is 5.32 Å². The first-order valence-corrected chi connectivity index (χ1v) is 6.50. The fraction of sp³-hybridized carbons (Fsp3) is 0.429. The van der Waals surface area contributed by atoms with E-state index >= 15 is 0 Å². The highest BCUT2D eigenvalue weighted by molar-refractivity contribution is 5.92. The van der Waals surface area contributed by atoms with Gasteiger partial charge >= 0.3 is 5.97 Å². The summed E-state index contributed by atoms with van der Waals surface area (Å²) in [5, 5.41) is 14.5. The molecule has 1 aromatic carbocycles. The van der Waals surface area contributed by atoms with Crippen molar-refractivity contribution in [3.8, 4) is 5.75 Å². The zero-order valence-electron chi connectivity index (χ0n) is 11.3. The number of carbonyl (C=O) groups excluding carboxylic acids is 1. The van der Waals surface area contributed by atoms with Crippen LogP contribution >= 0.6 is 0 Å². The summed E-state index contributed by atoms with van der Waals surface area (Å²) in [5.74, 6) is -0.374. The van der Waals surface area contributed by atoms with E-state index in [9.17, 15) is 9.59 Å². The van der Waals surface area contributed by atoms with Crippen molar-refractivity contribution in [2.24, 2.45) is 5.92 Å². The lowest BCUT2D eigenvalue weighted by atomic mass is 10.2. The maximum Gasteiger partial charge on any atom is 0.320 e. The summed E-state index contributed by atoms with van der Waals surface area (Å²) in [6, 6.07) is 6.36. The van der Waals surface area contributed by atoms with Gasteiger partial charge in [-0.1, -0.05) is 6.07 Å². The summed E-state index contributed by atoms with van der Waals surface area (Å²) < 4.78 is 5.06. The smallest absolute Gasteiger partial charge is 0.320 e. The van der Waals surface area contributed by atoms with Gasteiger partial charge in [-0.2, -0.15) is 0 Å². The molecule has 20 heavy (non-hydrogen) atoms. The van der Waals surface area contributed by atoms with Crippen LogP contribution in [0, 0.1) is 5.92 Å². The van der Waals surface area contributed by atoms with E-state index < -0.39 is 12.0 Å². The molecule has 108 valence electrons. The SMILES string of the molecule is COc1cccc(NC(=O)CNC(C(=O)O)C2CC2)c1. The highest BCUT2D eigenvalue weighted by Gasteiger charge is 2.36. The van der Waals surface area contributed by atoms with E-state index in [2.05, 4.69) is 10.6 Å². The Hall–Kier alpha value is -2.08. The molecular formula is C14H18N2O4. The van der Waals surface area contributed by atoms with E-state index in [0.29, 0.717) is 11.4 Å². The molecule has 3 N–H and O–H groups in total. The summed E-state index contributed by atoms with van der Waals surface area (Å²) in [7, 11) is 1.55. The van der Waals surface area contributed by atoms with Crippen LogP contribution in [-0.4, -0.2) is 36.7 Å². The van der Waals surface area contributed by atoms with Crippen molar-refractivity contribution < 1.29 is 19.4 Å². The van der Waals surface area contributed by atoms with Gasteiger partial charge in [0.15, 0.2) is 0 Å². The number of ether oxygens (including phenoxy) is 1. The second-order valence-electron chi connectivity index (χ2n) is 4.81. The molecule has 1 atom stereocenters. The molecule has 0 aliphatic heterocycles. The number of hydrogen-bond acceptors (Lipinski definition) is 4. The van der Waals surface area contributed by atoms with Gasteiger partial charge in [-0.15, -0.1) is 0 Å². The molecule has 1 amide bonds. The van der Waals surface area contributed by atoms with Crippen LogP contribution in [-0.2, 0) is 9.59 Å². The lowest BCUT2D eigenvalue weighted by Gasteiger charge is -2.13. The van der Waals surface area contributed by atoms with Crippen LogP contribution in [0.5, 0.6) is 5.75 Å². The number of anilines is 1. The summed E-state index contributed by atoms with van der Waals surface area (Å²) >= 11 is 0. The number of hydrogen-bond donors (Lipinski definition) is 3. The van der Waals surface area contributed by atoms with Crippen LogP contribution in [0.15, 0.2) is 24.3 Å². The van der Waals surface area contributed by atoms with Crippen LogP contribution in [0.1, 0.15) is 12.8 Å². The summed E-state index contributed by atoms with van der Waals surface area (Å²) in [6.07, 6.45) is 1.81. The van der Waals surface area contributed by atoms with Crippen LogP contribution in [0.2, 0.25) is 0 Å². The number of carboxylic acid groups (broad SMARTS) is 1. The van der Waals surface area contributed by atoms with Crippen molar-refractivity contribution >= 4 is 17.6 Å². The number of amides is 1. The normalized spacial score (nSPS) is 15.4. The van der Waals surface area contributed by atoms with Gasteiger partial charge in [-0.3, -0.25) is 14.9 Å². The average Bonchev–Trinajstić information content (AvgIpc) is 3.23. The second-order valence-corrected chi connectivity index (χ2v) is 4.81. The van der Waals surface area contributed by atoms with Crippen molar-refractivity contribution in [3.05, 3.63) is 24.3 Å². The Kier molecular flexibility index (Phi) is 4.57. The molecule has 1 fully saturated rings. The molecule has 0 heterocycles. The number of carboxylic acids is 1. The molecule has 6 nitrogen and oxygen atoms in total. The average molecular weight is 278 g/mol. The fourth-order valence-electron chi connectivity index (χ4n) is 1.99. The lowest BCUT2D eigenvalue weighted by Crippen LogP contribution is -2.42. The first-order valence-electron chi connectivity index (χ1n) is 6.50. The minimum absolute atomic E-state index is 0.0231. The Balaban J connectivity index is 1.83. The summed E-state index contributed by atoms with van der Waals surface area (Å²) in [5.41, 5.74) is 0.620. The number of methoxy groups -OCH3 is 1. The van der Waals surface area contributed by atoms with Crippen LogP contribution in [0.4, 0.5) is 5.69 Å². The van der Waals surface area contributed by atoms with Gasteiger partial charge < -0.3 is 15.2 Å². The summed E-state index contributed by atoms with van der Waals surface area (Å²) in [4.78, 5) is 22.8. The van der Waals surface area contributed by atoms with Crippen LogP contribution in [0.25, 0.3) is 0 Å². The van der Waals surface area contributed by atoms with Crippen LogP contribution in [0.3, 0.4) is 0 Å². The van der Waals surface area contributed by atoms with E-state index in [1.165, 1.54) is 0 Å². The molecule has 1 aromatic rings. The first-order chi connectivity index (χ1) is 9.60. The highest BCUT2D eigenvalue weighted by atomic mass is 16.5. The predicted molar refractivity (Wildman–Crippen MR) is 73.8 cm³/mol. The third kappa shape index (κ3) is 3.96. The number of carbonyl (C=O) groups is 2. The number of aliphatic carboxylic acids is 1. The van der Waals surface area contributed by atoms with Gasteiger partial charge in [0.1, 0.15) is 11.8 Å². The zero-order valence-corrected chi connectivity index (χ0v) is 11.3. The minimum Gasteiger partial charge on any atom is -0.497 e. The molecule has 1 unspecified atom stereocenters. The van der Waals surface area contributed by atoms with E-state index in [0.717, 1.165) is 12.8 Å². The Bertz CT molecular complexity index is 500. The quantitative estimate of drug-likeness (QED) is 0.695. The van der Waals surface area contributed by atoms with Crippen molar-refractivity contribution in [3.63, 3.8) is 0 Å². The monoisotopic (exact) mass is 278 g/mol. The molecule has 0 spiro atoms. The largest absolute Gasteiger partial charge is 0.497 e. The van der Waals surface area contributed by atoms with E-state index in [1.807, 2.05) is 0 Å². The maximum atomic E-state index is 11.8. The zero-order chi connectivity index (χ0) is 14.5. The standard InChI is InChI=1S/C14H18N2O4/c1-20-11-4-2-3-10(7-11)16-12(17)8-15-13(14(18)19)9-5-6-9/h2-4,7,9,13,15H,5-6,8H2,1H3,(H,16,17)(H,18,19). The molecular weight excluding hydrogens is 260 g/mol. The van der Waals surface area contributed by atoms with Crippen LogP contribution < -0.4 is 15.4 Å². The molecule has 0 radical (unpaired) electrons. The van der Waals surface area contributed by atoms with Gasteiger partial charge in [0.2, 0.25) is 5.91 Å². The highest BCUT2D eigenvalue weighted by Crippen LogP contribution is 2.32. The molecule has 0 bridgehead atoms. The minimum atomic E-state index is -0.901. The topological polar surface area (TPSA) is 87.7 Å². The Morgan fingerprint density at radius 3 is 2.80 bits per heavy atom. The molecule has 1 saturated carbocycles. The molecule has 1 aliphatic carbocycles. The number of benzene rings is 1. The van der Waals surface area contributed by atoms with Gasteiger partial charge in [-0.25, -0.2) is 0 Å². The van der Waals surface area contributed by atoms with Crippen molar-refractivity contribution in [2.75, 3.05) is 19.0 Å². The van der Waals surface area contributed by atoms with E-state index in [1.54, 1.807) is 31.4 Å². The molecule has 1 aliphatic rings. The van der Waals surface area contributed by atoms with Crippen molar-refractivity contribution in [1.29, 1.82) is 0 Å². The van der Waals surface area contributed by atoms with Crippen molar-refractivity contribution in [2.45, 2.75) is 18.9 Å². The maximum absolute atomic E-state index is 11.8. The van der Waals surface area contributed by atoms with E-state index in [-0.39, 0.29) is 18.4 Å². The van der Waals surface area contributed by atoms with Gasteiger partial charge in [-0.05, 0) is 30.9 Å². The third-order valence-corrected chi connectivity index (χ3v) is 3.20. The first kappa shape index (κ1) is 14.3. The Labute approximate surface area is 117 Å². The van der Waals surface area contributed by atoms with Gasteiger partial charge in [0.05, 0.1) is 13.7 Å². The Morgan fingerprint density at radius 1 is 1.45 bits per heavy atom. The number of nitrogens with one attached hydrogen (secondary N) is 2.